The van der Waals surface area contributed by atoms with Crippen LogP contribution in [-0.4, -0.2) is 32.3 Å². The van der Waals surface area contributed by atoms with Crippen LogP contribution in [0, 0.1) is 5.92 Å². The molecule has 0 aromatic heterocycles. The first-order chi connectivity index (χ1) is 10.2. The van der Waals surface area contributed by atoms with Crippen LogP contribution in [-0.2, 0) is 0 Å². The maximum Gasteiger partial charge on any atom is 0.128 e. The van der Waals surface area contributed by atoms with Crippen LogP contribution < -0.4 is 20.1 Å². The normalized spacial score (nSPS) is 31.6. The summed E-state index contributed by atoms with van der Waals surface area (Å²) in [6.45, 7) is 7.48. The Morgan fingerprint density at radius 2 is 2.33 bits per heavy atom. The second-order valence-corrected chi connectivity index (χ2v) is 6.24. The van der Waals surface area contributed by atoms with E-state index in [2.05, 4.69) is 30.5 Å². The molecule has 0 radical (unpaired) electrons. The molecule has 0 amide bonds. The SMILES string of the molecule is CCNC1CC2(CCNCC2C)Oc2cc(OC)ccc21. The fraction of sp³-hybridized carbons (Fsp3) is 0.647. The lowest BCUT2D eigenvalue weighted by molar-refractivity contribution is -0.0373. The number of hydrogen-bond acceptors (Lipinski definition) is 4. The second-order valence-electron chi connectivity index (χ2n) is 6.24. The predicted octanol–water partition coefficient (Wildman–Crippen LogP) is 2.50. The lowest BCUT2D eigenvalue weighted by atomic mass is 9.75. The zero-order valence-electron chi connectivity index (χ0n) is 13.2. The van der Waals surface area contributed by atoms with Gasteiger partial charge in [0.05, 0.1) is 7.11 Å². The Hall–Kier alpha value is -1.26. The van der Waals surface area contributed by atoms with Gasteiger partial charge in [0.1, 0.15) is 17.1 Å². The zero-order valence-corrected chi connectivity index (χ0v) is 13.2. The quantitative estimate of drug-likeness (QED) is 0.897. The van der Waals surface area contributed by atoms with Gasteiger partial charge in [-0.2, -0.15) is 0 Å². The van der Waals surface area contributed by atoms with E-state index in [4.69, 9.17) is 9.47 Å². The third-order valence-corrected chi connectivity index (χ3v) is 4.98. The van der Waals surface area contributed by atoms with Crippen LogP contribution in [0.15, 0.2) is 18.2 Å². The molecule has 1 saturated heterocycles. The number of ether oxygens (including phenoxy) is 2. The van der Waals surface area contributed by atoms with Gasteiger partial charge >= 0.3 is 0 Å². The van der Waals surface area contributed by atoms with E-state index < -0.39 is 0 Å². The van der Waals surface area contributed by atoms with Crippen molar-refractivity contribution in [2.24, 2.45) is 5.92 Å². The van der Waals surface area contributed by atoms with Crippen molar-refractivity contribution in [3.05, 3.63) is 23.8 Å². The van der Waals surface area contributed by atoms with Gasteiger partial charge in [-0.15, -0.1) is 0 Å². The van der Waals surface area contributed by atoms with E-state index in [1.807, 2.05) is 12.1 Å². The summed E-state index contributed by atoms with van der Waals surface area (Å²) >= 11 is 0. The second kappa shape index (κ2) is 5.85. The van der Waals surface area contributed by atoms with E-state index in [9.17, 15) is 0 Å². The average molecular weight is 290 g/mol. The van der Waals surface area contributed by atoms with Gasteiger partial charge in [0, 0.05) is 36.6 Å². The molecule has 1 aromatic rings. The van der Waals surface area contributed by atoms with Gasteiger partial charge in [-0.25, -0.2) is 0 Å². The summed E-state index contributed by atoms with van der Waals surface area (Å²) < 4.78 is 11.9. The molecule has 116 valence electrons. The summed E-state index contributed by atoms with van der Waals surface area (Å²) in [6.07, 6.45) is 2.11. The fourth-order valence-electron chi connectivity index (χ4n) is 3.67. The lowest BCUT2D eigenvalue weighted by Gasteiger charge is -2.48. The van der Waals surface area contributed by atoms with Crippen molar-refractivity contribution < 1.29 is 9.47 Å². The molecule has 1 aromatic carbocycles. The number of benzene rings is 1. The molecule has 0 saturated carbocycles. The van der Waals surface area contributed by atoms with Gasteiger partial charge in [0.2, 0.25) is 0 Å². The summed E-state index contributed by atoms with van der Waals surface area (Å²) in [7, 11) is 1.70. The molecule has 0 aliphatic carbocycles. The largest absolute Gasteiger partial charge is 0.497 e. The molecule has 3 unspecified atom stereocenters. The van der Waals surface area contributed by atoms with Gasteiger partial charge in [-0.3, -0.25) is 0 Å². The number of fused-ring (bicyclic) bond motifs is 1. The molecule has 1 spiro atoms. The molecule has 21 heavy (non-hydrogen) atoms. The summed E-state index contributed by atoms with van der Waals surface area (Å²) in [4.78, 5) is 0. The average Bonchev–Trinajstić information content (AvgIpc) is 2.50. The lowest BCUT2D eigenvalue weighted by Crippen LogP contribution is -2.56. The molecular formula is C17H26N2O2. The fourth-order valence-corrected chi connectivity index (χ4v) is 3.67. The van der Waals surface area contributed by atoms with Gasteiger partial charge in [-0.05, 0) is 25.6 Å². The molecule has 2 N–H and O–H groups in total. The molecule has 2 heterocycles. The molecule has 4 heteroatoms. The highest BCUT2D eigenvalue weighted by Gasteiger charge is 2.46. The van der Waals surface area contributed by atoms with E-state index in [1.165, 1.54) is 5.56 Å². The van der Waals surface area contributed by atoms with Crippen molar-refractivity contribution in [3.8, 4) is 11.5 Å². The first-order valence-corrected chi connectivity index (χ1v) is 7.99. The molecule has 0 bridgehead atoms. The first-order valence-electron chi connectivity index (χ1n) is 7.99. The third-order valence-electron chi connectivity index (χ3n) is 4.98. The van der Waals surface area contributed by atoms with Crippen LogP contribution in [0.3, 0.4) is 0 Å². The summed E-state index contributed by atoms with van der Waals surface area (Å²) in [5.74, 6) is 2.36. The monoisotopic (exact) mass is 290 g/mol. The highest BCUT2D eigenvalue weighted by molar-refractivity contribution is 5.45. The minimum absolute atomic E-state index is 0.0581. The van der Waals surface area contributed by atoms with Gasteiger partial charge in [0.25, 0.3) is 0 Å². The standard InChI is InChI=1S/C17H26N2O2/c1-4-19-15-10-17(7-8-18-11-12(17)2)21-16-9-13(20-3)5-6-14(15)16/h5-6,9,12,15,18-19H,4,7-8,10-11H2,1-3H3. The molecule has 1 fully saturated rings. The minimum Gasteiger partial charge on any atom is -0.497 e. The Kier molecular flexibility index (Phi) is 4.09. The highest BCUT2D eigenvalue weighted by Crippen LogP contribution is 2.46. The minimum atomic E-state index is -0.0581. The Morgan fingerprint density at radius 1 is 1.48 bits per heavy atom. The van der Waals surface area contributed by atoms with E-state index in [-0.39, 0.29) is 5.60 Å². The Balaban J connectivity index is 1.98. The van der Waals surface area contributed by atoms with E-state index in [0.29, 0.717) is 12.0 Å². The third kappa shape index (κ3) is 2.62. The van der Waals surface area contributed by atoms with Crippen molar-refractivity contribution >= 4 is 0 Å². The summed E-state index contributed by atoms with van der Waals surface area (Å²) in [5, 5.41) is 7.10. The number of rotatable bonds is 3. The van der Waals surface area contributed by atoms with Crippen LogP contribution in [0.2, 0.25) is 0 Å². The van der Waals surface area contributed by atoms with Crippen LogP contribution in [0.1, 0.15) is 38.3 Å². The number of hydrogen-bond donors (Lipinski definition) is 2. The molecule has 2 aliphatic heterocycles. The summed E-state index contributed by atoms with van der Waals surface area (Å²) in [5.41, 5.74) is 1.20. The van der Waals surface area contributed by atoms with Gasteiger partial charge < -0.3 is 20.1 Å². The van der Waals surface area contributed by atoms with Crippen molar-refractivity contribution in [2.45, 2.75) is 38.3 Å². The van der Waals surface area contributed by atoms with Crippen molar-refractivity contribution in [1.29, 1.82) is 0 Å². The number of methoxy groups -OCH3 is 1. The number of piperidine rings is 1. The Labute approximate surface area is 127 Å². The summed E-state index contributed by atoms with van der Waals surface area (Å²) in [6, 6.07) is 6.57. The zero-order chi connectivity index (χ0) is 14.9. The van der Waals surface area contributed by atoms with Crippen molar-refractivity contribution in [2.75, 3.05) is 26.7 Å². The van der Waals surface area contributed by atoms with E-state index in [1.54, 1.807) is 7.11 Å². The van der Waals surface area contributed by atoms with Crippen LogP contribution in [0.5, 0.6) is 11.5 Å². The maximum atomic E-state index is 6.53. The molecule has 3 rings (SSSR count). The molecular weight excluding hydrogens is 264 g/mol. The Bertz CT molecular complexity index is 506. The van der Waals surface area contributed by atoms with Crippen molar-refractivity contribution in [3.63, 3.8) is 0 Å². The van der Waals surface area contributed by atoms with Crippen LogP contribution >= 0.6 is 0 Å². The highest BCUT2D eigenvalue weighted by atomic mass is 16.5. The van der Waals surface area contributed by atoms with E-state index >= 15 is 0 Å². The topological polar surface area (TPSA) is 42.5 Å². The predicted molar refractivity (Wildman–Crippen MR) is 84.0 cm³/mol. The van der Waals surface area contributed by atoms with Crippen molar-refractivity contribution in [1.82, 2.24) is 10.6 Å². The first kappa shape index (κ1) is 14.7. The van der Waals surface area contributed by atoms with Gasteiger partial charge in [0.15, 0.2) is 0 Å². The van der Waals surface area contributed by atoms with E-state index in [0.717, 1.165) is 44.0 Å². The van der Waals surface area contributed by atoms with Gasteiger partial charge in [-0.1, -0.05) is 19.9 Å². The Morgan fingerprint density at radius 3 is 3.05 bits per heavy atom. The number of nitrogens with one attached hydrogen (secondary N) is 2. The van der Waals surface area contributed by atoms with Crippen LogP contribution in [0.4, 0.5) is 0 Å². The molecule has 3 atom stereocenters. The maximum absolute atomic E-state index is 6.53. The molecule has 4 nitrogen and oxygen atoms in total. The smallest absolute Gasteiger partial charge is 0.128 e. The van der Waals surface area contributed by atoms with Crippen LogP contribution in [0.25, 0.3) is 0 Å². The molecule has 2 aliphatic rings.